The summed E-state index contributed by atoms with van der Waals surface area (Å²) in [6.07, 6.45) is 1.15. The summed E-state index contributed by atoms with van der Waals surface area (Å²) in [4.78, 5) is 23.7. The van der Waals surface area contributed by atoms with Gasteiger partial charge in [-0.1, -0.05) is 48.5 Å². The van der Waals surface area contributed by atoms with Gasteiger partial charge in [0.2, 0.25) is 0 Å². The van der Waals surface area contributed by atoms with E-state index in [9.17, 15) is 9.59 Å². The van der Waals surface area contributed by atoms with E-state index in [1.165, 1.54) is 6.92 Å². The number of carbonyl (C=O) groups excluding carboxylic acids is 2. The fraction of sp³-hybridized carbons (Fsp3) is 0.222. The van der Waals surface area contributed by atoms with Gasteiger partial charge in [0.05, 0.1) is 0 Å². The minimum Gasteiger partial charge on any atom is -0.462 e. The Hall–Kier alpha value is -2.42. The van der Waals surface area contributed by atoms with Crippen LogP contribution >= 0.6 is 0 Å². The van der Waals surface area contributed by atoms with Crippen LogP contribution in [0.1, 0.15) is 34.0 Å². The monoisotopic (exact) mass is 280 g/mol. The molecule has 1 aliphatic carbocycles. The molecule has 21 heavy (non-hydrogen) atoms. The molecule has 106 valence electrons. The summed E-state index contributed by atoms with van der Waals surface area (Å²) in [5.74, 6) is -0.250. The molecule has 1 unspecified atom stereocenters. The van der Waals surface area contributed by atoms with Crippen molar-refractivity contribution < 1.29 is 14.3 Å². The lowest BCUT2D eigenvalue weighted by Crippen LogP contribution is -2.16. The first kappa shape index (κ1) is 13.6. The van der Waals surface area contributed by atoms with Gasteiger partial charge >= 0.3 is 5.97 Å². The van der Waals surface area contributed by atoms with Gasteiger partial charge in [-0.3, -0.25) is 9.59 Å². The Kier molecular flexibility index (Phi) is 3.57. The number of esters is 1. The zero-order valence-corrected chi connectivity index (χ0v) is 11.8. The highest BCUT2D eigenvalue weighted by Crippen LogP contribution is 2.28. The van der Waals surface area contributed by atoms with Crippen LogP contribution in [0.5, 0.6) is 0 Å². The highest BCUT2D eigenvalue weighted by atomic mass is 16.5. The third-order valence-electron chi connectivity index (χ3n) is 3.77. The Bertz CT molecular complexity index is 689. The van der Waals surface area contributed by atoms with Gasteiger partial charge in [-0.2, -0.15) is 0 Å². The lowest BCUT2D eigenvalue weighted by molar-refractivity contribution is -0.145. The van der Waals surface area contributed by atoms with E-state index in [1.807, 2.05) is 48.5 Å². The molecule has 2 aromatic carbocycles. The zero-order chi connectivity index (χ0) is 14.8. The third kappa shape index (κ3) is 2.72. The summed E-state index contributed by atoms with van der Waals surface area (Å²) < 4.78 is 5.28. The zero-order valence-electron chi connectivity index (χ0n) is 11.8. The van der Waals surface area contributed by atoms with E-state index >= 15 is 0 Å². The molecule has 0 fully saturated rings. The van der Waals surface area contributed by atoms with Crippen LogP contribution in [0, 0.1) is 0 Å². The second-order valence-electron chi connectivity index (χ2n) is 5.28. The van der Waals surface area contributed by atoms with Crippen molar-refractivity contribution in [3.8, 4) is 0 Å². The first-order valence-corrected chi connectivity index (χ1v) is 7.03. The Labute approximate surface area is 123 Å². The van der Waals surface area contributed by atoms with Crippen molar-refractivity contribution in [2.75, 3.05) is 0 Å². The summed E-state index contributed by atoms with van der Waals surface area (Å²) in [5, 5.41) is 0. The van der Waals surface area contributed by atoms with E-state index in [4.69, 9.17) is 4.74 Å². The lowest BCUT2D eigenvalue weighted by Gasteiger charge is -2.09. The van der Waals surface area contributed by atoms with Gasteiger partial charge in [-0.05, 0) is 11.1 Å². The molecule has 0 saturated carbocycles. The summed E-state index contributed by atoms with van der Waals surface area (Å²) in [6.45, 7) is 1.42. The average molecular weight is 280 g/mol. The van der Waals surface area contributed by atoms with Crippen LogP contribution in [0.25, 0.3) is 0 Å². The normalized spacial score (nSPS) is 16.3. The molecule has 1 aliphatic rings. The van der Waals surface area contributed by atoms with Crippen LogP contribution in [-0.4, -0.2) is 17.9 Å². The highest BCUT2D eigenvalue weighted by Gasteiger charge is 2.27. The van der Waals surface area contributed by atoms with Crippen molar-refractivity contribution in [3.63, 3.8) is 0 Å². The van der Waals surface area contributed by atoms with Gasteiger partial charge in [-0.15, -0.1) is 0 Å². The number of ether oxygens (including phenoxy) is 1. The number of carbonyl (C=O) groups is 2. The van der Waals surface area contributed by atoms with E-state index in [0.717, 1.165) is 11.1 Å². The Balaban J connectivity index is 1.92. The van der Waals surface area contributed by atoms with Gasteiger partial charge in [0.1, 0.15) is 6.10 Å². The topological polar surface area (TPSA) is 43.4 Å². The number of rotatable bonds is 3. The van der Waals surface area contributed by atoms with E-state index in [-0.39, 0.29) is 17.9 Å². The first-order chi connectivity index (χ1) is 10.1. The van der Waals surface area contributed by atoms with Gasteiger partial charge in [0.15, 0.2) is 5.78 Å². The number of fused-ring (bicyclic) bond motifs is 1. The van der Waals surface area contributed by atoms with E-state index < -0.39 is 0 Å². The van der Waals surface area contributed by atoms with Crippen molar-refractivity contribution in [2.24, 2.45) is 0 Å². The molecule has 1 atom stereocenters. The molecule has 0 aliphatic heterocycles. The Morgan fingerprint density at radius 2 is 1.76 bits per heavy atom. The number of benzene rings is 2. The lowest BCUT2D eigenvalue weighted by atomic mass is 9.96. The van der Waals surface area contributed by atoms with Gasteiger partial charge in [0.25, 0.3) is 0 Å². The number of ketones is 1. The van der Waals surface area contributed by atoms with Crippen molar-refractivity contribution >= 4 is 11.8 Å². The average Bonchev–Trinajstić information content (AvgIpc) is 2.88. The van der Waals surface area contributed by atoms with Gasteiger partial charge in [-0.25, -0.2) is 0 Å². The minimum absolute atomic E-state index is 0.0240. The largest absolute Gasteiger partial charge is 0.462 e. The first-order valence-electron chi connectivity index (χ1n) is 7.03. The quantitative estimate of drug-likeness (QED) is 0.641. The van der Waals surface area contributed by atoms with Crippen LogP contribution < -0.4 is 0 Å². The van der Waals surface area contributed by atoms with Crippen LogP contribution in [0.4, 0.5) is 0 Å². The maximum atomic E-state index is 12.6. The summed E-state index contributed by atoms with van der Waals surface area (Å²) in [7, 11) is 0. The van der Waals surface area contributed by atoms with E-state index in [1.54, 1.807) is 0 Å². The Morgan fingerprint density at radius 3 is 2.48 bits per heavy atom. The molecule has 3 rings (SSSR count). The van der Waals surface area contributed by atoms with Crippen LogP contribution in [0.15, 0.2) is 48.5 Å². The van der Waals surface area contributed by atoms with Crippen molar-refractivity contribution in [2.45, 2.75) is 25.9 Å². The molecule has 0 saturated heterocycles. The minimum atomic E-state index is -0.274. The number of hydrogen-bond acceptors (Lipinski definition) is 3. The highest BCUT2D eigenvalue weighted by molar-refractivity contribution is 6.10. The summed E-state index contributed by atoms with van der Waals surface area (Å²) in [5.41, 5.74) is 3.51. The fourth-order valence-corrected chi connectivity index (χ4v) is 2.89. The summed E-state index contributed by atoms with van der Waals surface area (Å²) in [6, 6.07) is 15.0. The molecule has 3 nitrogen and oxygen atoms in total. The molecule has 0 aromatic heterocycles. The molecule has 0 N–H and O–H groups in total. The smallest absolute Gasteiger partial charge is 0.302 e. The molecule has 0 bridgehead atoms. The van der Waals surface area contributed by atoms with Crippen LogP contribution in [0.2, 0.25) is 0 Å². The van der Waals surface area contributed by atoms with Gasteiger partial charge < -0.3 is 4.74 Å². The maximum Gasteiger partial charge on any atom is 0.302 e. The van der Waals surface area contributed by atoms with Crippen LogP contribution in [0.3, 0.4) is 0 Å². The molecule has 0 radical (unpaired) electrons. The second-order valence-corrected chi connectivity index (χ2v) is 5.28. The van der Waals surface area contributed by atoms with E-state index in [0.29, 0.717) is 24.0 Å². The summed E-state index contributed by atoms with van der Waals surface area (Å²) >= 11 is 0. The predicted molar refractivity (Wildman–Crippen MR) is 79.3 cm³/mol. The van der Waals surface area contributed by atoms with Crippen molar-refractivity contribution in [1.82, 2.24) is 0 Å². The number of hydrogen-bond donors (Lipinski definition) is 0. The molecule has 0 spiro atoms. The Morgan fingerprint density at radius 1 is 1.00 bits per heavy atom. The fourth-order valence-electron chi connectivity index (χ4n) is 2.89. The standard InChI is InChI=1S/C18H16O3/c1-12(19)21-15-10-14-8-5-9-16(17(14)11-15)18(20)13-6-3-2-4-7-13/h2-9,15H,10-11H2,1H3. The van der Waals surface area contributed by atoms with E-state index in [2.05, 4.69) is 0 Å². The third-order valence-corrected chi connectivity index (χ3v) is 3.77. The predicted octanol–water partition coefficient (Wildman–Crippen LogP) is 2.95. The molecule has 2 aromatic rings. The van der Waals surface area contributed by atoms with Crippen molar-refractivity contribution in [3.05, 3.63) is 70.8 Å². The molecule has 0 amide bonds. The molecular weight excluding hydrogens is 264 g/mol. The van der Waals surface area contributed by atoms with Gasteiger partial charge in [0, 0.05) is 30.9 Å². The molecule has 3 heteroatoms. The molecular formula is C18H16O3. The van der Waals surface area contributed by atoms with Crippen LogP contribution in [-0.2, 0) is 22.4 Å². The molecule has 0 heterocycles. The second kappa shape index (κ2) is 5.52. The maximum absolute atomic E-state index is 12.6. The van der Waals surface area contributed by atoms with Crippen molar-refractivity contribution in [1.29, 1.82) is 0 Å². The SMILES string of the molecule is CC(=O)OC1Cc2cccc(C(=O)c3ccccc3)c2C1.